The van der Waals surface area contributed by atoms with Crippen LogP contribution in [-0.4, -0.2) is 55.3 Å². The number of likely N-dealkylation sites (N-methyl/N-ethyl adjacent to an activating group) is 1. The Hall–Kier alpha value is -1.43. The van der Waals surface area contributed by atoms with Crippen molar-refractivity contribution < 1.29 is 19.1 Å². The highest BCUT2D eigenvalue weighted by Gasteiger charge is 2.15. The zero-order chi connectivity index (χ0) is 31.3. The van der Waals surface area contributed by atoms with Crippen LogP contribution < -0.4 is 5.32 Å². The normalized spacial score (nSPS) is 12.3. The Morgan fingerprint density at radius 3 is 1.79 bits per heavy atom. The van der Waals surface area contributed by atoms with Gasteiger partial charge in [0.1, 0.15) is 6.29 Å². The number of aldehydes is 1. The van der Waals surface area contributed by atoms with Gasteiger partial charge in [0.25, 0.3) is 0 Å². The van der Waals surface area contributed by atoms with Crippen LogP contribution in [0.5, 0.6) is 0 Å². The third-order valence-corrected chi connectivity index (χ3v) is 8.67. The highest BCUT2D eigenvalue weighted by atomic mass is 16.5. The second kappa shape index (κ2) is 29.6. The van der Waals surface area contributed by atoms with E-state index in [1.54, 1.807) is 0 Å². The molecule has 0 saturated carbocycles. The molecule has 6 heteroatoms. The number of nitrogens with zero attached hydrogens (tertiary/aromatic N) is 1. The first-order valence-electron chi connectivity index (χ1n) is 17.9. The summed E-state index contributed by atoms with van der Waals surface area (Å²) in [5.74, 6) is 0.791. The highest BCUT2D eigenvalue weighted by Crippen LogP contribution is 2.21. The number of hydrogen-bond donors (Lipinski definition) is 1. The number of unbranched alkanes of at least 4 members (excludes halogenated alkanes) is 13. The zero-order valence-corrected chi connectivity index (χ0v) is 28.6. The number of nitrogens with one attached hydrogen (secondary N) is 1. The van der Waals surface area contributed by atoms with Crippen LogP contribution >= 0.6 is 0 Å². The quantitative estimate of drug-likeness (QED) is 0.0492. The van der Waals surface area contributed by atoms with Gasteiger partial charge in [-0.15, -0.1) is 0 Å². The monoisotopic (exact) mass is 595 g/mol. The molecule has 0 aliphatic rings. The Morgan fingerprint density at radius 2 is 1.24 bits per heavy atom. The van der Waals surface area contributed by atoms with Crippen molar-refractivity contribution in [3.05, 3.63) is 0 Å². The molecule has 42 heavy (non-hydrogen) atoms. The molecule has 6 nitrogen and oxygen atoms in total. The Kier molecular flexibility index (Phi) is 28.6. The number of carbonyl (C=O) groups is 3. The molecule has 0 saturated heterocycles. The Labute approximate surface area is 260 Å². The third-order valence-electron chi connectivity index (χ3n) is 8.67. The standard InChI is InChI=1S/C36H70N2O4/c1-6-8-17-23-33(24-18-9-7-2)28-30-42-36(41)27-21-15-12-14-20-26-34(25-19-13-10-11-16-22-29-39)37-35(40)31-38(5)32(3)4/h29,32-34H,6-28,30-31H2,1-5H3,(H,37,40). The van der Waals surface area contributed by atoms with Crippen LogP contribution in [0.15, 0.2) is 0 Å². The summed E-state index contributed by atoms with van der Waals surface area (Å²) in [6.45, 7) is 9.74. The molecule has 0 aromatic rings. The van der Waals surface area contributed by atoms with E-state index in [1.165, 1.54) is 51.4 Å². The summed E-state index contributed by atoms with van der Waals surface area (Å²) in [7, 11) is 1.99. The minimum atomic E-state index is -0.0313. The van der Waals surface area contributed by atoms with Gasteiger partial charge in [-0.25, -0.2) is 0 Å². The minimum absolute atomic E-state index is 0.0313. The van der Waals surface area contributed by atoms with Gasteiger partial charge in [-0.1, -0.05) is 117 Å². The van der Waals surface area contributed by atoms with E-state index in [1.807, 2.05) is 7.05 Å². The molecular formula is C36H70N2O4. The average Bonchev–Trinajstić information content (AvgIpc) is 2.95. The smallest absolute Gasteiger partial charge is 0.305 e. The molecule has 0 heterocycles. The van der Waals surface area contributed by atoms with E-state index in [9.17, 15) is 14.4 Å². The summed E-state index contributed by atoms with van der Waals surface area (Å²) in [6.07, 6.45) is 26.4. The Morgan fingerprint density at radius 1 is 0.714 bits per heavy atom. The average molecular weight is 595 g/mol. The fourth-order valence-electron chi connectivity index (χ4n) is 5.52. The van der Waals surface area contributed by atoms with Crippen LogP contribution in [0, 0.1) is 5.92 Å². The van der Waals surface area contributed by atoms with Crippen molar-refractivity contribution >= 4 is 18.2 Å². The lowest BCUT2D eigenvalue weighted by Crippen LogP contribution is -2.42. The van der Waals surface area contributed by atoms with Crippen LogP contribution in [0.25, 0.3) is 0 Å². The molecular weight excluding hydrogens is 524 g/mol. The van der Waals surface area contributed by atoms with E-state index in [4.69, 9.17) is 4.74 Å². The summed E-state index contributed by atoms with van der Waals surface area (Å²) in [5.41, 5.74) is 0. The first-order valence-corrected chi connectivity index (χ1v) is 17.9. The van der Waals surface area contributed by atoms with E-state index in [0.29, 0.717) is 38.0 Å². The SMILES string of the molecule is CCCCCC(CCCCC)CCOC(=O)CCCCCCCC(CCCCCCCC=O)NC(=O)CN(C)C(C)C. The number of esters is 1. The van der Waals surface area contributed by atoms with Gasteiger partial charge in [-0.3, -0.25) is 14.5 Å². The van der Waals surface area contributed by atoms with Crippen LogP contribution in [0.4, 0.5) is 0 Å². The molecule has 1 N–H and O–H groups in total. The second-order valence-corrected chi connectivity index (χ2v) is 13.0. The first-order chi connectivity index (χ1) is 20.3. The van der Waals surface area contributed by atoms with Crippen molar-refractivity contribution in [2.24, 2.45) is 5.92 Å². The number of carbonyl (C=O) groups excluding carboxylic acids is 3. The van der Waals surface area contributed by atoms with Crippen LogP contribution in [0.3, 0.4) is 0 Å². The molecule has 0 aromatic carbocycles. The molecule has 0 aliphatic carbocycles. The van der Waals surface area contributed by atoms with Crippen LogP contribution in [-0.2, 0) is 19.1 Å². The molecule has 0 radical (unpaired) electrons. The van der Waals surface area contributed by atoms with Crippen molar-refractivity contribution in [2.45, 2.75) is 187 Å². The van der Waals surface area contributed by atoms with E-state index in [2.05, 4.69) is 37.9 Å². The van der Waals surface area contributed by atoms with Gasteiger partial charge in [-0.05, 0) is 58.9 Å². The Balaban J connectivity index is 4.21. The summed E-state index contributed by atoms with van der Waals surface area (Å²) in [5, 5.41) is 3.30. The molecule has 0 aliphatic heterocycles. The molecule has 0 bridgehead atoms. The lowest BCUT2D eigenvalue weighted by atomic mass is 9.92. The summed E-state index contributed by atoms with van der Waals surface area (Å²) < 4.78 is 5.60. The van der Waals surface area contributed by atoms with Gasteiger partial charge in [0.2, 0.25) is 5.91 Å². The number of ether oxygens (including phenoxy) is 1. The van der Waals surface area contributed by atoms with Gasteiger partial charge in [0, 0.05) is 24.9 Å². The lowest BCUT2D eigenvalue weighted by molar-refractivity contribution is -0.144. The number of rotatable bonds is 31. The van der Waals surface area contributed by atoms with Crippen molar-refractivity contribution in [1.29, 1.82) is 0 Å². The van der Waals surface area contributed by atoms with Gasteiger partial charge < -0.3 is 14.8 Å². The summed E-state index contributed by atoms with van der Waals surface area (Å²) in [4.78, 5) is 37.4. The van der Waals surface area contributed by atoms with Crippen LogP contribution in [0.1, 0.15) is 175 Å². The van der Waals surface area contributed by atoms with Crippen molar-refractivity contribution in [1.82, 2.24) is 10.2 Å². The van der Waals surface area contributed by atoms with E-state index in [0.717, 1.165) is 89.8 Å². The fourth-order valence-corrected chi connectivity index (χ4v) is 5.52. The molecule has 0 fully saturated rings. The topological polar surface area (TPSA) is 75.7 Å². The van der Waals surface area contributed by atoms with Crippen molar-refractivity contribution in [3.63, 3.8) is 0 Å². The molecule has 0 rings (SSSR count). The van der Waals surface area contributed by atoms with Gasteiger partial charge in [0.05, 0.1) is 13.2 Å². The Bertz CT molecular complexity index is 630. The fraction of sp³-hybridized carbons (Fsp3) is 0.917. The first kappa shape index (κ1) is 40.6. The molecule has 0 aromatic heterocycles. The van der Waals surface area contributed by atoms with E-state index < -0.39 is 0 Å². The predicted octanol–water partition coefficient (Wildman–Crippen LogP) is 9.18. The molecule has 1 atom stereocenters. The number of hydrogen-bond acceptors (Lipinski definition) is 5. The van der Waals surface area contributed by atoms with Gasteiger partial charge in [-0.2, -0.15) is 0 Å². The zero-order valence-electron chi connectivity index (χ0n) is 28.6. The van der Waals surface area contributed by atoms with Crippen molar-refractivity contribution in [2.75, 3.05) is 20.2 Å². The molecule has 1 amide bonds. The third kappa shape index (κ3) is 26.2. The largest absolute Gasteiger partial charge is 0.466 e. The van der Waals surface area contributed by atoms with Crippen molar-refractivity contribution in [3.8, 4) is 0 Å². The van der Waals surface area contributed by atoms with E-state index in [-0.39, 0.29) is 17.9 Å². The second-order valence-electron chi connectivity index (χ2n) is 13.0. The van der Waals surface area contributed by atoms with Gasteiger partial charge in [0.15, 0.2) is 0 Å². The number of amides is 1. The van der Waals surface area contributed by atoms with Crippen LogP contribution in [0.2, 0.25) is 0 Å². The summed E-state index contributed by atoms with van der Waals surface area (Å²) >= 11 is 0. The maximum atomic E-state index is 12.6. The lowest BCUT2D eigenvalue weighted by Gasteiger charge is -2.23. The maximum absolute atomic E-state index is 12.6. The maximum Gasteiger partial charge on any atom is 0.305 e. The van der Waals surface area contributed by atoms with Gasteiger partial charge >= 0.3 is 5.97 Å². The molecule has 1 unspecified atom stereocenters. The molecule has 248 valence electrons. The molecule has 0 spiro atoms. The summed E-state index contributed by atoms with van der Waals surface area (Å²) in [6, 6.07) is 0.580. The van der Waals surface area contributed by atoms with E-state index >= 15 is 0 Å². The predicted molar refractivity (Wildman–Crippen MR) is 178 cm³/mol. The minimum Gasteiger partial charge on any atom is -0.466 e. The highest BCUT2D eigenvalue weighted by molar-refractivity contribution is 5.78.